The van der Waals surface area contributed by atoms with Crippen LogP contribution in [0.3, 0.4) is 0 Å². The van der Waals surface area contributed by atoms with Crippen molar-refractivity contribution in [3.63, 3.8) is 0 Å². The zero-order valence-electron chi connectivity index (χ0n) is 10.5. The summed E-state index contributed by atoms with van der Waals surface area (Å²) in [4.78, 5) is 12.3. The van der Waals surface area contributed by atoms with Gasteiger partial charge in [-0.3, -0.25) is 4.79 Å². The molecule has 0 bridgehead atoms. The van der Waals surface area contributed by atoms with E-state index in [9.17, 15) is 9.18 Å². The number of para-hydroxylation sites is 1. The van der Waals surface area contributed by atoms with Crippen LogP contribution in [0.1, 0.15) is 23.5 Å². The van der Waals surface area contributed by atoms with Gasteiger partial charge in [-0.1, -0.05) is 35.9 Å². The minimum atomic E-state index is -0.488. The lowest BCUT2D eigenvalue weighted by atomic mass is 9.92. The fraction of sp³-hybridized carbons (Fsp3) is 0.188. The third-order valence-electron chi connectivity index (χ3n) is 4.37. The van der Waals surface area contributed by atoms with Gasteiger partial charge in [-0.25, -0.2) is 4.39 Å². The lowest BCUT2D eigenvalue weighted by Gasteiger charge is -2.09. The summed E-state index contributed by atoms with van der Waals surface area (Å²) >= 11 is 5.84. The first-order chi connectivity index (χ1) is 9.63. The average Bonchev–Trinajstić information content (AvgIpc) is 3.12. The minimum Gasteiger partial charge on any atom is -0.325 e. The molecule has 1 N–H and O–H groups in total. The van der Waals surface area contributed by atoms with Crippen molar-refractivity contribution in [2.45, 2.75) is 17.8 Å². The largest absolute Gasteiger partial charge is 0.325 e. The van der Waals surface area contributed by atoms with E-state index in [0.717, 1.165) is 23.2 Å². The highest BCUT2D eigenvalue weighted by molar-refractivity contribution is 6.30. The van der Waals surface area contributed by atoms with Crippen LogP contribution in [0.2, 0.25) is 5.02 Å². The van der Waals surface area contributed by atoms with Crippen LogP contribution in [-0.2, 0) is 10.2 Å². The second-order valence-corrected chi connectivity index (χ2v) is 5.81. The van der Waals surface area contributed by atoms with Crippen molar-refractivity contribution in [3.8, 4) is 0 Å². The highest BCUT2D eigenvalue weighted by Gasteiger charge is 2.65. The van der Waals surface area contributed by atoms with Gasteiger partial charge in [0.1, 0.15) is 5.82 Å². The summed E-state index contributed by atoms with van der Waals surface area (Å²) in [5.41, 5.74) is 2.35. The molecule has 0 radical (unpaired) electrons. The van der Waals surface area contributed by atoms with Crippen LogP contribution in [0.4, 0.5) is 10.1 Å². The molecule has 0 unspecified atom stereocenters. The molecule has 20 heavy (non-hydrogen) atoms. The Hall–Kier alpha value is -1.87. The predicted molar refractivity (Wildman–Crippen MR) is 75.5 cm³/mol. The van der Waals surface area contributed by atoms with Crippen LogP contribution < -0.4 is 5.32 Å². The van der Waals surface area contributed by atoms with E-state index < -0.39 is 11.2 Å². The third-order valence-corrected chi connectivity index (χ3v) is 4.66. The monoisotopic (exact) mass is 287 g/mol. The number of carbonyl (C=O) groups is 1. The Kier molecular flexibility index (Phi) is 2.28. The van der Waals surface area contributed by atoms with Crippen LogP contribution in [0.5, 0.6) is 0 Å². The van der Waals surface area contributed by atoms with Gasteiger partial charge in [0, 0.05) is 11.6 Å². The van der Waals surface area contributed by atoms with Gasteiger partial charge in [-0.15, -0.1) is 0 Å². The van der Waals surface area contributed by atoms with Crippen LogP contribution in [-0.4, -0.2) is 5.91 Å². The van der Waals surface area contributed by atoms with Gasteiger partial charge in [0.15, 0.2) is 0 Å². The number of benzene rings is 2. The van der Waals surface area contributed by atoms with E-state index in [-0.39, 0.29) is 16.8 Å². The number of hydrogen-bond donors (Lipinski definition) is 1. The smallest absolute Gasteiger partial charge is 0.235 e. The van der Waals surface area contributed by atoms with Gasteiger partial charge < -0.3 is 5.32 Å². The first-order valence-electron chi connectivity index (χ1n) is 6.49. The molecule has 1 fully saturated rings. The van der Waals surface area contributed by atoms with Crippen molar-refractivity contribution in [1.82, 2.24) is 0 Å². The molecule has 0 aromatic heterocycles. The van der Waals surface area contributed by atoms with E-state index in [1.54, 1.807) is 12.1 Å². The zero-order chi connectivity index (χ0) is 13.9. The van der Waals surface area contributed by atoms with Crippen molar-refractivity contribution in [2.24, 2.45) is 0 Å². The quantitative estimate of drug-likeness (QED) is 0.848. The van der Waals surface area contributed by atoms with Crippen molar-refractivity contribution in [3.05, 3.63) is 64.4 Å². The summed E-state index contributed by atoms with van der Waals surface area (Å²) in [5, 5.41) is 3.04. The number of anilines is 1. The topological polar surface area (TPSA) is 29.1 Å². The molecule has 2 aromatic carbocycles. The number of fused-ring (bicyclic) bond motifs is 2. The van der Waals surface area contributed by atoms with E-state index >= 15 is 0 Å². The summed E-state index contributed by atoms with van der Waals surface area (Å²) in [6, 6.07) is 12.5. The Labute approximate surface area is 120 Å². The third kappa shape index (κ3) is 1.41. The van der Waals surface area contributed by atoms with Crippen molar-refractivity contribution < 1.29 is 9.18 Å². The molecule has 2 nitrogen and oxygen atoms in total. The highest BCUT2D eigenvalue weighted by Crippen LogP contribution is 2.64. The molecule has 2 atom stereocenters. The summed E-state index contributed by atoms with van der Waals surface area (Å²) in [6.45, 7) is 0. The fourth-order valence-corrected chi connectivity index (χ4v) is 3.47. The standard InChI is InChI=1S/C16H11ClFNO/c17-12-7-9(5-6-13(12)18)11-8-16(11)10-3-1-2-4-14(10)19-15(16)20/h1-7,11H,8H2,(H,19,20)/t11-,16-/m1/s1. The molecule has 1 heterocycles. The number of amides is 1. The number of hydrogen-bond acceptors (Lipinski definition) is 1. The van der Waals surface area contributed by atoms with Crippen LogP contribution >= 0.6 is 11.6 Å². The second kappa shape index (κ2) is 3.83. The SMILES string of the molecule is O=C1Nc2ccccc2[C@@]12C[C@@H]2c1ccc(F)c(Cl)c1. The molecule has 1 spiro atoms. The maximum atomic E-state index is 13.3. The molecule has 4 heteroatoms. The molecule has 100 valence electrons. The Morgan fingerprint density at radius 1 is 1.25 bits per heavy atom. The summed E-state index contributed by atoms with van der Waals surface area (Å²) in [5.74, 6) is -0.324. The highest BCUT2D eigenvalue weighted by atomic mass is 35.5. The van der Waals surface area contributed by atoms with Crippen LogP contribution in [0.15, 0.2) is 42.5 Å². The molecular formula is C16H11ClFNO. The summed E-state index contributed by atoms with van der Waals surface area (Å²) in [7, 11) is 0. The maximum absolute atomic E-state index is 13.3. The molecule has 1 aliphatic carbocycles. The van der Waals surface area contributed by atoms with E-state index in [1.165, 1.54) is 6.07 Å². The van der Waals surface area contributed by atoms with Crippen molar-refractivity contribution in [1.29, 1.82) is 0 Å². The summed E-state index contributed by atoms with van der Waals surface area (Å²) in [6.07, 6.45) is 0.748. The molecule has 1 amide bonds. The molecule has 2 aromatic rings. The van der Waals surface area contributed by atoms with Crippen molar-refractivity contribution in [2.75, 3.05) is 5.32 Å². The lowest BCUT2D eigenvalue weighted by molar-refractivity contribution is -0.118. The van der Waals surface area contributed by atoms with E-state index in [1.807, 2.05) is 24.3 Å². The van der Waals surface area contributed by atoms with Crippen LogP contribution in [0.25, 0.3) is 0 Å². The minimum absolute atomic E-state index is 0.0316. The average molecular weight is 288 g/mol. The molecular weight excluding hydrogens is 277 g/mol. The molecule has 1 saturated carbocycles. The Bertz CT molecular complexity index is 745. The molecule has 1 aliphatic heterocycles. The lowest BCUT2D eigenvalue weighted by Crippen LogP contribution is -2.20. The predicted octanol–water partition coefficient (Wildman–Crippen LogP) is 3.86. The van der Waals surface area contributed by atoms with Gasteiger partial charge in [0.2, 0.25) is 5.91 Å². The van der Waals surface area contributed by atoms with Gasteiger partial charge in [-0.2, -0.15) is 0 Å². The first-order valence-corrected chi connectivity index (χ1v) is 6.86. The van der Waals surface area contributed by atoms with E-state index in [2.05, 4.69) is 5.32 Å². The normalized spacial score (nSPS) is 26.5. The van der Waals surface area contributed by atoms with Crippen molar-refractivity contribution >= 4 is 23.2 Å². The number of halogens is 2. The van der Waals surface area contributed by atoms with E-state index in [4.69, 9.17) is 11.6 Å². The first kappa shape index (κ1) is 11.9. The van der Waals surface area contributed by atoms with Crippen LogP contribution in [0, 0.1) is 5.82 Å². The van der Waals surface area contributed by atoms with E-state index in [0.29, 0.717) is 0 Å². The Morgan fingerprint density at radius 2 is 2.05 bits per heavy atom. The number of nitrogens with one attached hydrogen (secondary N) is 1. The van der Waals surface area contributed by atoms with Gasteiger partial charge in [0.05, 0.1) is 10.4 Å². The summed E-state index contributed by atoms with van der Waals surface area (Å²) < 4.78 is 13.3. The van der Waals surface area contributed by atoms with Gasteiger partial charge in [0.25, 0.3) is 0 Å². The number of rotatable bonds is 1. The maximum Gasteiger partial charge on any atom is 0.235 e. The zero-order valence-corrected chi connectivity index (χ0v) is 11.2. The van der Waals surface area contributed by atoms with Gasteiger partial charge >= 0.3 is 0 Å². The molecule has 0 saturated heterocycles. The molecule has 2 aliphatic rings. The number of carbonyl (C=O) groups excluding carboxylic acids is 1. The fourth-order valence-electron chi connectivity index (χ4n) is 3.28. The Balaban J connectivity index is 1.79. The molecule has 4 rings (SSSR count). The van der Waals surface area contributed by atoms with Gasteiger partial charge in [-0.05, 0) is 35.7 Å². The second-order valence-electron chi connectivity index (χ2n) is 5.40. The Morgan fingerprint density at radius 3 is 2.85 bits per heavy atom.